The molecular formula is C27H26N2O5. The summed E-state index contributed by atoms with van der Waals surface area (Å²) in [5.41, 5.74) is 1.90. The molecule has 0 saturated carbocycles. The normalized spacial score (nSPS) is 17.1. The lowest BCUT2D eigenvalue weighted by Crippen LogP contribution is -2.29. The summed E-state index contributed by atoms with van der Waals surface area (Å²) in [5.74, 6) is -0.734. The van der Waals surface area contributed by atoms with Crippen LogP contribution in [0.1, 0.15) is 36.6 Å². The van der Waals surface area contributed by atoms with Gasteiger partial charge in [0, 0.05) is 25.0 Å². The molecule has 1 amide bonds. The van der Waals surface area contributed by atoms with E-state index in [0.717, 1.165) is 11.1 Å². The van der Waals surface area contributed by atoms with Gasteiger partial charge in [-0.15, -0.1) is 0 Å². The van der Waals surface area contributed by atoms with Gasteiger partial charge in [0.25, 0.3) is 11.7 Å². The number of aliphatic hydroxyl groups is 1. The average Bonchev–Trinajstić information content (AvgIpc) is 3.10. The first-order valence-electron chi connectivity index (χ1n) is 11.2. The highest BCUT2D eigenvalue weighted by Crippen LogP contribution is 2.42. The number of likely N-dealkylation sites (tertiary alicyclic amines) is 1. The molecule has 1 N–H and O–H groups in total. The Kier molecular flexibility index (Phi) is 6.92. The minimum absolute atomic E-state index is 0.0235. The molecule has 1 aliphatic rings. The van der Waals surface area contributed by atoms with Crippen LogP contribution in [0.15, 0.2) is 78.6 Å². The smallest absolute Gasteiger partial charge is 0.295 e. The van der Waals surface area contributed by atoms with Crippen molar-refractivity contribution in [3.05, 3.63) is 95.3 Å². The third-order valence-electron chi connectivity index (χ3n) is 5.58. The highest BCUT2D eigenvalue weighted by atomic mass is 16.5. The third kappa shape index (κ3) is 4.50. The van der Waals surface area contributed by atoms with E-state index in [-0.39, 0.29) is 17.9 Å². The fourth-order valence-corrected chi connectivity index (χ4v) is 4.08. The van der Waals surface area contributed by atoms with Crippen molar-refractivity contribution >= 4 is 17.4 Å². The Morgan fingerprint density at radius 1 is 0.971 bits per heavy atom. The van der Waals surface area contributed by atoms with Crippen molar-refractivity contribution in [2.24, 2.45) is 0 Å². The minimum Gasteiger partial charge on any atom is -0.507 e. The second-order valence-electron chi connectivity index (χ2n) is 7.72. The zero-order chi connectivity index (χ0) is 24.1. The number of carbonyl (C=O) groups is 2. The molecule has 1 unspecified atom stereocenters. The second-order valence-corrected chi connectivity index (χ2v) is 7.72. The molecule has 1 aliphatic heterocycles. The molecule has 3 aromatic rings. The summed E-state index contributed by atoms with van der Waals surface area (Å²) in [6.45, 7) is 4.73. The lowest BCUT2D eigenvalue weighted by molar-refractivity contribution is -0.140. The van der Waals surface area contributed by atoms with Crippen LogP contribution in [0.2, 0.25) is 0 Å². The number of amides is 1. The summed E-state index contributed by atoms with van der Waals surface area (Å²) in [5, 5.41) is 11.4. The van der Waals surface area contributed by atoms with E-state index >= 15 is 0 Å². The Labute approximate surface area is 198 Å². The number of pyridine rings is 1. The lowest BCUT2D eigenvalue weighted by Gasteiger charge is -2.25. The second kappa shape index (κ2) is 10.2. The van der Waals surface area contributed by atoms with Gasteiger partial charge in [-0.2, -0.15) is 0 Å². The van der Waals surface area contributed by atoms with Crippen molar-refractivity contribution in [1.29, 1.82) is 0 Å². The summed E-state index contributed by atoms with van der Waals surface area (Å²) in [4.78, 5) is 31.9. The van der Waals surface area contributed by atoms with Gasteiger partial charge in [-0.05, 0) is 49.2 Å². The monoisotopic (exact) mass is 458 g/mol. The third-order valence-corrected chi connectivity index (χ3v) is 5.58. The van der Waals surface area contributed by atoms with Crippen LogP contribution in [0.5, 0.6) is 11.5 Å². The summed E-state index contributed by atoms with van der Waals surface area (Å²) in [6.07, 6.45) is 3.27. The van der Waals surface area contributed by atoms with Crippen LogP contribution in [0.3, 0.4) is 0 Å². The quantitative estimate of drug-likeness (QED) is 0.304. The van der Waals surface area contributed by atoms with Crippen LogP contribution < -0.4 is 9.47 Å². The fourth-order valence-electron chi connectivity index (χ4n) is 4.08. The molecule has 1 saturated heterocycles. The molecule has 1 aromatic heterocycles. The number of carbonyl (C=O) groups excluding carboxylic acids is 2. The van der Waals surface area contributed by atoms with Gasteiger partial charge in [0.05, 0.1) is 30.4 Å². The Balaban J connectivity index is 1.86. The van der Waals surface area contributed by atoms with Gasteiger partial charge in [0.15, 0.2) is 0 Å². The molecule has 7 nitrogen and oxygen atoms in total. The van der Waals surface area contributed by atoms with Gasteiger partial charge in [-0.1, -0.05) is 30.3 Å². The molecule has 1 atom stereocenters. The summed E-state index contributed by atoms with van der Waals surface area (Å²) < 4.78 is 11.3. The zero-order valence-corrected chi connectivity index (χ0v) is 19.1. The van der Waals surface area contributed by atoms with Crippen molar-refractivity contribution in [2.75, 3.05) is 13.2 Å². The molecule has 34 heavy (non-hydrogen) atoms. The van der Waals surface area contributed by atoms with Crippen LogP contribution in [0.25, 0.3) is 5.76 Å². The van der Waals surface area contributed by atoms with E-state index in [9.17, 15) is 14.7 Å². The standard InChI is InChI=1S/C27H26N2O5/c1-3-33-20-10-11-21(22(16-20)34-4-2)25(30)23-24(19-8-6-5-7-9-19)29(27(32)26(23)31)17-18-12-14-28-15-13-18/h5-16,24,30H,3-4,17H2,1-2H3/b25-23-. The van der Waals surface area contributed by atoms with E-state index in [0.29, 0.717) is 30.3 Å². The maximum absolute atomic E-state index is 13.3. The average molecular weight is 459 g/mol. The number of ketones is 1. The van der Waals surface area contributed by atoms with Gasteiger partial charge >= 0.3 is 0 Å². The molecule has 1 fully saturated rings. The van der Waals surface area contributed by atoms with Crippen molar-refractivity contribution < 1.29 is 24.2 Å². The summed E-state index contributed by atoms with van der Waals surface area (Å²) in [6, 6.07) is 17.1. The molecule has 0 radical (unpaired) electrons. The number of benzene rings is 2. The first kappa shape index (κ1) is 23.0. The van der Waals surface area contributed by atoms with E-state index in [1.165, 1.54) is 4.90 Å². The molecule has 0 aliphatic carbocycles. The molecule has 7 heteroatoms. The number of nitrogens with zero attached hydrogens (tertiary/aromatic N) is 2. The van der Waals surface area contributed by atoms with Crippen LogP contribution in [-0.4, -0.2) is 39.9 Å². The predicted molar refractivity (Wildman–Crippen MR) is 127 cm³/mol. The molecule has 2 aromatic carbocycles. The van der Waals surface area contributed by atoms with Crippen molar-refractivity contribution in [1.82, 2.24) is 9.88 Å². The van der Waals surface area contributed by atoms with Gasteiger partial charge in [-0.3, -0.25) is 14.6 Å². The van der Waals surface area contributed by atoms with Crippen molar-refractivity contribution in [3.63, 3.8) is 0 Å². The van der Waals surface area contributed by atoms with Crippen molar-refractivity contribution in [2.45, 2.75) is 26.4 Å². The Hall–Kier alpha value is -4.13. The maximum Gasteiger partial charge on any atom is 0.295 e. The number of hydrogen-bond donors (Lipinski definition) is 1. The first-order chi connectivity index (χ1) is 16.5. The first-order valence-corrected chi connectivity index (χ1v) is 11.2. The molecule has 2 heterocycles. The van der Waals surface area contributed by atoms with Gasteiger partial charge < -0.3 is 19.5 Å². The zero-order valence-electron chi connectivity index (χ0n) is 19.1. The van der Waals surface area contributed by atoms with E-state index < -0.39 is 17.7 Å². The van der Waals surface area contributed by atoms with Gasteiger partial charge in [0.2, 0.25) is 0 Å². The van der Waals surface area contributed by atoms with E-state index in [2.05, 4.69) is 4.98 Å². The molecule has 174 valence electrons. The number of Topliss-reactive ketones (excluding diaryl/α,β-unsaturated/α-hetero) is 1. The molecular weight excluding hydrogens is 432 g/mol. The molecule has 0 bridgehead atoms. The summed E-state index contributed by atoms with van der Waals surface area (Å²) >= 11 is 0. The lowest BCUT2D eigenvalue weighted by atomic mass is 9.95. The van der Waals surface area contributed by atoms with Crippen LogP contribution >= 0.6 is 0 Å². The van der Waals surface area contributed by atoms with Crippen LogP contribution in [0, 0.1) is 0 Å². The number of rotatable bonds is 8. The molecule has 0 spiro atoms. The maximum atomic E-state index is 13.3. The largest absolute Gasteiger partial charge is 0.507 e. The van der Waals surface area contributed by atoms with Gasteiger partial charge in [0.1, 0.15) is 17.3 Å². The Morgan fingerprint density at radius 3 is 2.35 bits per heavy atom. The SMILES string of the molecule is CCOc1ccc(/C(O)=C2/C(=O)C(=O)N(Cc3ccncc3)C2c2ccccc2)c(OCC)c1. The number of hydrogen-bond acceptors (Lipinski definition) is 6. The number of ether oxygens (including phenoxy) is 2. The predicted octanol–water partition coefficient (Wildman–Crippen LogP) is 4.50. The highest BCUT2D eigenvalue weighted by Gasteiger charge is 2.46. The fraction of sp³-hybridized carbons (Fsp3) is 0.222. The highest BCUT2D eigenvalue weighted by molar-refractivity contribution is 6.46. The molecule has 4 rings (SSSR count). The Bertz CT molecular complexity index is 1210. The minimum atomic E-state index is -0.754. The van der Waals surface area contributed by atoms with E-state index in [1.807, 2.05) is 44.2 Å². The van der Waals surface area contributed by atoms with E-state index in [4.69, 9.17) is 9.47 Å². The summed E-state index contributed by atoms with van der Waals surface area (Å²) in [7, 11) is 0. The van der Waals surface area contributed by atoms with Crippen LogP contribution in [0.4, 0.5) is 0 Å². The Morgan fingerprint density at radius 2 is 1.68 bits per heavy atom. The number of aliphatic hydroxyl groups excluding tert-OH is 1. The topological polar surface area (TPSA) is 89.0 Å². The van der Waals surface area contributed by atoms with E-state index in [1.54, 1.807) is 42.7 Å². The number of aromatic nitrogens is 1. The van der Waals surface area contributed by atoms with Crippen molar-refractivity contribution in [3.8, 4) is 11.5 Å². The van der Waals surface area contributed by atoms with Gasteiger partial charge in [-0.25, -0.2) is 0 Å². The van der Waals surface area contributed by atoms with Crippen LogP contribution in [-0.2, 0) is 16.1 Å².